The highest BCUT2D eigenvalue weighted by molar-refractivity contribution is 8.13. The zero-order valence-electron chi connectivity index (χ0n) is 9.19. The molecule has 1 unspecified atom stereocenters. The summed E-state index contributed by atoms with van der Waals surface area (Å²) < 4.78 is 4.56. The molecule has 0 bridgehead atoms. The van der Waals surface area contributed by atoms with Crippen molar-refractivity contribution >= 4 is 28.9 Å². The van der Waals surface area contributed by atoms with Gasteiger partial charge in [-0.05, 0) is 0 Å². The number of nitrogens with zero attached hydrogens (tertiary/aromatic N) is 1. The molecule has 0 aliphatic carbocycles. The van der Waals surface area contributed by atoms with Gasteiger partial charge in [-0.15, -0.1) is 0 Å². The number of amides is 2. The monoisotopic (exact) mass is 246 g/mol. The smallest absolute Gasteiger partial charge is 0.330 e. The maximum absolute atomic E-state index is 11.4. The van der Waals surface area contributed by atoms with Crippen LogP contribution >= 0.6 is 11.8 Å². The first-order chi connectivity index (χ1) is 7.54. The SMILES string of the molecule is COC(=O)C(CN1CCSC1=O)NC(C)=O. The molecule has 2 amide bonds. The fraction of sp³-hybridized carbons (Fsp3) is 0.667. The number of nitrogens with one attached hydrogen (secondary N) is 1. The average molecular weight is 246 g/mol. The Morgan fingerprint density at radius 1 is 1.62 bits per heavy atom. The summed E-state index contributed by atoms with van der Waals surface area (Å²) in [5.41, 5.74) is 0. The van der Waals surface area contributed by atoms with E-state index < -0.39 is 12.0 Å². The fourth-order valence-electron chi connectivity index (χ4n) is 1.38. The summed E-state index contributed by atoms with van der Waals surface area (Å²) in [6.07, 6.45) is 0. The highest BCUT2D eigenvalue weighted by Crippen LogP contribution is 2.17. The van der Waals surface area contributed by atoms with Gasteiger partial charge in [0.2, 0.25) is 5.91 Å². The van der Waals surface area contributed by atoms with Crippen LogP contribution in [0.2, 0.25) is 0 Å². The maximum Gasteiger partial charge on any atom is 0.330 e. The summed E-state index contributed by atoms with van der Waals surface area (Å²) in [7, 11) is 1.25. The van der Waals surface area contributed by atoms with Crippen molar-refractivity contribution in [2.45, 2.75) is 13.0 Å². The summed E-state index contributed by atoms with van der Waals surface area (Å²) in [5.74, 6) is -0.151. The summed E-state index contributed by atoms with van der Waals surface area (Å²) in [5, 5.41) is 2.39. The normalized spacial score (nSPS) is 17.1. The number of carbonyl (C=O) groups is 3. The second-order valence-corrected chi connectivity index (χ2v) is 4.38. The summed E-state index contributed by atoms with van der Waals surface area (Å²) >= 11 is 1.21. The van der Waals surface area contributed by atoms with E-state index in [4.69, 9.17) is 0 Å². The second kappa shape index (κ2) is 5.74. The Hall–Kier alpha value is -1.24. The molecule has 6 nitrogen and oxygen atoms in total. The highest BCUT2D eigenvalue weighted by Gasteiger charge is 2.28. The summed E-state index contributed by atoms with van der Waals surface area (Å²) in [6.45, 7) is 2.07. The summed E-state index contributed by atoms with van der Waals surface area (Å²) in [4.78, 5) is 35.1. The average Bonchev–Trinajstić information content (AvgIpc) is 2.61. The van der Waals surface area contributed by atoms with Gasteiger partial charge in [0.25, 0.3) is 5.24 Å². The molecule has 16 heavy (non-hydrogen) atoms. The third kappa shape index (κ3) is 3.41. The van der Waals surface area contributed by atoms with Crippen LogP contribution in [0, 0.1) is 0 Å². The lowest BCUT2D eigenvalue weighted by Crippen LogP contribution is -2.48. The van der Waals surface area contributed by atoms with E-state index in [0.717, 1.165) is 0 Å². The lowest BCUT2D eigenvalue weighted by Gasteiger charge is -2.21. The highest BCUT2D eigenvalue weighted by atomic mass is 32.2. The van der Waals surface area contributed by atoms with Crippen molar-refractivity contribution < 1.29 is 19.1 Å². The third-order valence-electron chi connectivity index (χ3n) is 2.11. The molecule has 1 atom stereocenters. The first kappa shape index (κ1) is 12.8. The first-order valence-corrected chi connectivity index (χ1v) is 5.79. The third-order valence-corrected chi connectivity index (χ3v) is 3.00. The van der Waals surface area contributed by atoms with Gasteiger partial charge in [0, 0.05) is 19.2 Å². The van der Waals surface area contributed by atoms with Crippen molar-refractivity contribution in [2.75, 3.05) is 26.0 Å². The molecule has 1 fully saturated rings. The number of methoxy groups -OCH3 is 1. The molecule has 0 aromatic rings. The number of carbonyl (C=O) groups excluding carboxylic acids is 3. The van der Waals surface area contributed by atoms with E-state index in [1.54, 1.807) is 0 Å². The standard InChI is InChI=1S/C9H14N2O4S/c1-6(12)10-7(8(13)15-2)5-11-3-4-16-9(11)14/h7H,3-5H2,1-2H3,(H,10,12). The minimum absolute atomic E-state index is 0.0701. The number of hydrogen-bond donors (Lipinski definition) is 1. The topological polar surface area (TPSA) is 75.7 Å². The van der Waals surface area contributed by atoms with E-state index in [-0.39, 0.29) is 17.7 Å². The molecule has 1 heterocycles. The molecule has 1 aliphatic rings. The van der Waals surface area contributed by atoms with Gasteiger partial charge in [-0.25, -0.2) is 4.79 Å². The van der Waals surface area contributed by atoms with Crippen molar-refractivity contribution in [3.63, 3.8) is 0 Å². The van der Waals surface area contributed by atoms with Gasteiger partial charge in [0.15, 0.2) is 0 Å². The van der Waals surface area contributed by atoms with E-state index in [9.17, 15) is 14.4 Å². The van der Waals surface area contributed by atoms with Crippen molar-refractivity contribution in [1.82, 2.24) is 10.2 Å². The molecule has 0 radical (unpaired) electrons. The predicted octanol–water partition coefficient (Wildman–Crippen LogP) is -0.167. The lowest BCUT2D eigenvalue weighted by molar-refractivity contribution is -0.145. The number of hydrogen-bond acceptors (Lipinski definition) is 5. The van der Waals surface area contributed by atoms with Crippen LogP contribution in [0.3, 0.4) is 0 Å². The Balaban J connectivity index is 2.58. The number of ether oxygens (including phenoxy) is 1. The lowest BCUT2D eigenvalue weighted by atomic mass is 10.2. The molecule has 7 heteroatoms. The van der Waals surface area contributed by atoms with Crippen LogP contribution < -0.4 is 5.32 Å². The maximum atomic E-state index is 11.4. The van der Waals surface area contributed by atoms with Gasteiger partial charge in [-0.2, -0.15) is 0 Å². The number of thioether (sulfide) groups is 1. The molecule has 0 saturated carbocycles. The van der Waals surface area contributed by atoms with Crippen LogP contribution in [0.1, 0.15) is 6.92 Å². The summed E-state index contributed by atoms with van der Waals surface area (Å²) in [6, 6.07) is -0.787. The molecular weight excluding hydrogens is 232 g/mol. The first-order valence-electron chi connectivity index (χ1n) is 4.81. The molecule has 1 saturated heterocycles. The van der Waals surface area contributed by atoms with Gasteiger partial charge in [-0.1, -0.05) is 11.8 Å². The van der Waals surface area contributed by atoms with Crippen LogP contribution in [0.25, 0.3) is 0 Å². The molecule has 0 aromatic heterocycles. The molecule has 0 spiro atoms. The molecular formula is C9H14N2O4S. The number of rotatable bonds is 4. The van der Waals surface area contributed by atoms with Crippen LogP contribution in [-0.4, -0.2) is 54.0 Å². The molecule has 1 rings (SSSR count). The minimum atomic E-state index is -0.787. The Labute approximate surface area is 97.7 Å². The largest absolute Gasteiger partial charge is 0.467 e. The van der Waals surface area contributed by atoms with Crippen LogP contribution in [-0.2, 0) is 14.3 Å². The molecule has 0 aromatic carbocycles. The molecule has 1 N–H and O–H groups in total. The predicted molar refractivity (Wildman–Crippen MR) is 59.0 cm³/mol. The van der Waals surface area contributed by atoms with Crippen LogP contribution in [0.4, 0.5) is 4.79 Å². The Morgan fingerprint density at radius 3 is 2.75 bits per heavy atom. The molecule has 90 valence electrons. The van der Waals surface area contributed by atoms with E-state index in [0.29, 0.717) is 12.3 Å². The zero-order valence-corrected chi connectivity index (χ0v) is 10.0. The Bertz CT molecular complexity index is 308. The zero-order chi connectivity index (χ0) is 12.1. The van der Waals surface area contributed by atoms with Gasteiger partial charge >= 0.3 is 5.97 Å². The Kier molecular flexibility index (Phi) is 4.60. The molecule has 1 aliphatic heterocycles. The van der Waals surface area contributed by atoms with Gasteiger partial charge < -0.3 is 15.0 Å². The minimum Gasteiger partial charge on any atom is -0.467 e. The van der Waals surface area contributed by atoms with Crippen molar-refractivity contribution in [2.24, 2.45) is 0 Å². The number of esters is 1. The fourth-order valence-corrected chi connectivity index (χ4v) is 2.21. The van der Waals surface area contributed by atoms with Gasteiger partial charge in [-0.3, -0.25) is 9.59 Å². The second-order valence-electron chi connectivity index (χ2n) is 3.34. The van der Waals surface area contributed by atoms with E-state index in [2.05, 4.69) is 10.1 Å². The van der Waals surface area contributed by atoms with E-state index in [1.807, 2.05) is 0 Å². The van der Waals surface area contributed by atoms with Crippen molar-refractivity contribution in [3.05, 3.63) is 0 Å². The van der Waals surface area contributed by atoms with Crippen molar-refractivity contribution in [3.8, 4) is 0 Å². The van der Waals surface area contributed by atoms with Gasteiger partial charge in [0.1, 0.15) is 6.04 Å². The Morgan fingerprint density at radius 2 is 2.31 bits per heavy atom. The van der Waals surface area contributed by atoms with Crippen molar-refractivity contribution in [1.29, 1.82) is 0 Å². The van der Waals surface area contributed by atoms with Crippen LogP contribution in [0.5, 0.6) is 0 Å². The van der Waals surface area contributed by atoms with E-state index >= 15 is 0 Å². The quantitative estimate of drug-likeness (QED) is 0.697. The van der Waals surface area contributed by atoms with E-state index in [1.165, 1.54) is 30.7 Å². The van der Waals surface area contributed by atoms with Gasteiger partial charge in [0.05, 0.1) is 13.7 Å². The van der Waals surface area contributed by atoms with Crippen LogP contribution in [0.15, 0.2) is 0 Å².